The molecule has 2 nitrogen and oxygen atoms in total. The van der Waals surface area contributed by atoms with E-state index in [2.05, 4.69) is 203 Å². The van der Waals surface area contributed by atoms with Gasteiger partial charge in [0.05, 0.1) is 22.1 Å². The third kappa shape index (κ3) is 4.38. The maximum absolute atomic E-state index is 2.48. The molecule has 9 aromatic carbocycles. The van der Waals surface area contributed by atoms with Gasteiger partial charge in [0.1, 0.15) is 0 Å². The van der Waals surface area contributed by atoms with E-state index in [1.807, 2.05) is 0 Å². The largest absolute Gasteiger partial charge is 0.309 e. The minimum Gasteiger partial charge on any atom is -0.309 e. The van der Waals surface area contributed by atoms with Crippen molar-refractivity contribution in [3.63, 3.8) is 0 Å². The number of nitrogens with zero attached hydrogens (tertiary/aromatic N) is 2. The fourth-order valence-corrected chi connectivity index (χ4v) is 8.46. The maximum atomic E-state index is 2.48. The van der Waals surface area contributed by atoms with E-state index in [0.717, 1.165) is 5.69 Å². The van der Waals surface area contributed by atoms with E-state index in [1.54, 1.807) is 0 Å². The Bertz CT molecular complexity index is 3180. The Morgan fingerprint density at radius 3 is 1.40 bits per heavy atom. The number of hydrogen-bond acceptors (Lipinski definition) is 0. The predicted molar refractivity (Wildman–Crippen MR) is 221 cm³/mol. The van der Waals surface area contributed by atoms with Gasteiger partial charge in [-0.05, 0) is 104 Å². The zero-order valence-electron chi connectivity index (χ0n) is 28.4. The van der Waals surface area contributed by atoms with Crippen LogP contribution in [0.3, 0.4) is 0 Å². The molecule has 0 amide bonds. The number of rotatable bonds is 4. The highest BCUT2D eigenvalue weighted by molar-refractivity contribution is 6.29. The lowest BCUT2D eigenvalue weighted by Crippen LogP contribution is -1.96. The van der Waals surface area contributed by atoms with Gasteiger partial charge in [0.2, 0.25) is 0 Å². The van der Waals surface area contributed by atoms with E-state index in [0.29, 0.717) is 0 Å². The first-order chi connectivity index (χ1) is 25.8. The smallest absolute Gasteiger partial charge is 0.0548 e. The van der Waals surface area contributed by atoms with E-state index in [1.165, 1.54) is 93.1 Å². The molecule has 0 aliphatic rings. The number of fused-ring (bicyclic) bond motifs is 9. The zero-order chi connectivity index (χ0) is 34.2. The van der Waals surface area contributed by atoms with Crippen molar-refractivity contribution in [1.82, 2.24) is 9.13 Å². The van der Waals surface area contributed by atoms with Crippen LogP contribution < -0.4 is 0 Å². The molecule has 0 unspecified atom stereocenters. The van der Waals surface area contributed by atoms with E-state index < -0.39 is 0 Å². The highest BCUT2D eigenvalue weighted by Gasteiger charge is 2.21. The van der Waals surface area contributed by atoms with Crippen LogP contribution in [-0.4, -0.2) is 9.13 Å². The summed E-state index contributed by atoms with van der Waals surface area (Å²) in [5.74, 6) is 0. The minimum atomic E-state index is 1.15. The summed E-state index contributed by atoms with van der Waals surface area (Å²) in [5, 5.41) is 10.1. The molecule has 11 rings (SSSR count). The van der Waals surface area contributed by atoms with E-state index >= 15 is 0 Å². The molecule has 2 aromatic heterocycles. The molecule has 0 N–H and O–H groups in total. The fourth-order valence-electron chi connectivity index (χ4n) is 8.46. The van der Waals surface area contributed by atoms with Crippen LogP contribution in [0.5, 0.6) is 0 Å². The first-order valence-corrected chi connectivity index (χ1v) is 17.9. The second-order valence-electron chi connectivity index (χ2n) is 13.8. The van der Waals surface area contributed by atoms with Gasteiger partial charge in [-0.1, -0.05) is 133 Å². The first kappa shape index (κ1) is 28.9. The van der Waals surface area contributed by atoms with Crippen molar-refractivity contribution in [3.8, 4) is 33.6 Å². The Morgan fingerprint density at radius 2 is 0.750 bits per heavy atom. The summed E-state index contributed by atoms with van der Waals surface area (Å²) in [6, 6.07) is 71.1. The monoisotopic (exact) mass is 660 g/mol. The molecule has 0 aliphatic carbocycles. The second kappa shape index (κ2) is 11.3. The van der Waals surface area contributed by atoms with Crippen LogP contribution in [0, 0.1) is 0 Å². The third-order valence-electron chi connectivity index (χ3n) is 10.8. The molecule has 0 radical (unpaired) electrons. The first-order valence-electron chi connectivity index (χ1n) is 17.9. The Labute approximate surface area is 301 Å². The molecule has 242 valence electrons. The number of para-hydroxylation sites is 2. The van der Waals surface area contributed by atoms with Crippen molar-refractivity contribution in [1.29, 1.82) is 0 Å². The zero-order valence-corrected chi connectivity index (χ0v) is 28.4. The molecule has 11 aromatic rings. The van der Waals surface area contributed by atoms with Crippen LogP contribution in [0.15, 0.2) is 194 Å². The van der Waals surface area contributed by atoms with E-state index in [-0.39, 0.29) is 0 Å². The van der Waals surface area contributed by atoms with Gasteiger partial charge in [-0.15, -0.1) is 0 Å². The van der Waals surface area contributed by atoms with Crippen molar-refractivity contribution in [2.45, 2.75) is 0 Å². The Hall–Kier alpha value is -6.90. The number of hydrogen-bond donors (Lipinski definition) is 0. The van der Waals surface area contributed by atoms with Gasteiger partial charge in [0.25, 0.3) is 0 Å². The lowest BCUT2D eigenvalue weighted by Gasteiger charge is -2.14. The number of benzene rings is 9. The molecule has 0 aliphatic heterocycles. The molecular weight excluding hydrogens is 629 g/mol. The lowest BCUT2D eigenvalue weighted by atomic mass is 9.96. The van der Waals surface area contributed by atoms with Crippen molar-refractivity contribution < 1.29 is 0 Å². The van der Waals surface area contributed by atoms with Gasteiger partial charge in [0.15, 0.2) is 0 Å². The van der Waals surface area contributed by atoms with Crippen LogP contribution in [0.2, 0.25) is 0 Å². The standard InChI is InChI=1S/C50H32N2/c1-2-12-33(13-3-1)39-29-40(38-23-22-34-14-4-6-16-36(34)28-38)32-42(31-39)52-46-21-11-9-19-44(46)50-48(52)27-26-47-49(50)43-18-8-10-20-45(43)51(47)41-25-24-35-15-5-7-17-37(35)30-41/h1-32H. The lowest BCUT2D eigenvalue weighted by molar-refractivity contribution is 1.17. The highest BCUT2D eigenvalue weighted by atomic mass is 15.0. The normalized spacial score (nSPS) is 11.8. The van der Waals surface area contributed by atoms with Crippen molar-refractivity contribution in [3.05, 3.63) is 194 Å². The van der Waals surface area contributed by atoms with Crippen LogP contribution >= 0.6 is 0 Å². The van der Waals surface area contributed by atoms with Crippen molar-refractivity contribution in [2.24, 2.45) is 0 Å². The summed E-state index contributed by atoms with van der Waals surface area (Å²) >= 11 is 0. The third-order valence-corrected chi connectivity index (χ3v) is 10.8. The molecular formula is C50H32N2. The van der Waals surface area contributed by atoms with Crippen LogP contribution in [0.4, 0.5) is 0 Å². The van der Waals surface area contributed by atoms with Gasteiger partial charge < -0.3 is 9.13 Å². The van der Waals surface area contributed by atoms with Crippen molar-refractivity contribution >= 4 is 65.2 Å². The summed E-state index contributed by atoms with van der Waals surface area (Å²) in [7, 11) is 0. The van der Waals surface area contributed by atoms with Crippen molar-refractivity contribution in [2.75, 3.05) is 0 Å². The quantitative estimate of drug-likeness (QED) is 0.178. The predicted octanol–water partition coefficient (Wildman–Crippen LogP) is 13.5. The van der Waals surface area contributed by atoms with Gasteiger partial charge in [0, 0.05) is 32.9 Å². The van der Waals surface area contributed by atoms with E-state index in [9.17, 15) is 0 Å². The summed E-state index contributed by atoms with van der Waals surface area (Å²) in [6.07, 6.45) is 0. The highest BCUT2D eigenvalue weighted by Crippen LogP contribution is 2.43. The molecule has 0 bridgehead atoms. The molecule has 0 fully saturated rings. The molecule has 0 saturated heterocycles. The van der Waals surface area contributed by atoms with Gasteiger partial charge in [-0.25, -0.2) is 0 Å². The Balaban J connectivity index is 1.22. The molecule has 0 atom stereocenters. The second-order valence-corrected chi connectivity index (χ2v) is 13.8. The topological polar surface area (TPSA) is 9.86 Å². The number of aromatic nitrogens is 2. The van der Waals surface area contributed by atoms with Crippen LogP contribution in [0.25, 0.3) is 98.8 Å². The summed E-state index contributed by atoms with van der Waals surface area (Å²) in [5.41, 5.74) is 11.9. The summed E-state index contributed by atoms with van der Waals surface area (Å²) in [6.45, 7) is 0. The van der Waals surface area contributed by atoms with Crippen LogP contribution in [-0.2, 0) is 0 Å². The Morgan fingerprint density at radius 1 is 0.250 bits per heavy atom. The average Bonchev–Trinajstić information content (AvgIpc) is 3.73. The maximum Gasteiger partial charge on any atom is 0.0548 e. The van der Waals surface area contributed by atoms with Gasteiger partial charge >= 0.3 is 0 Å². The van der Waals surface area contributed by atoms with Gasteiger partial charge in [-0.3, -0.25) is 0 Å². The molecule has 2 heteroatoms. The van der Waals surface area contributed by atoms with Gasteiger partial charge in [-0.2, -0.15) is 0 Å². The fraction of sp³-hybridized carbons (Fsp3) is 0. The Kier molecular flexibility index (Phi) is 6.28. The molecule has 52 heavy (non-hydrogen) atoms. The molecule has 0 spiro atoms. The SMILES string of the molecule is c1ccc(-c2cc(-c3ccc4ccccc4c3)cc(-n3c4ccccc4c4c5c6ccccc6n(-c6ccc7ccccc7c6)c5ccc43)c2)cc1. The minimum absolute atomic E-state index is 1.15. The van der Waals surface area contributed by atoms with Crippen LogP contribution in [0.1, 0.15) is 0 Å². The molecule has 0 saturated carbocycles. The summed E-state index contributed by atoms with van der Waals surface area (Å²) in [4.78, 5) is 0. The average molecular weight is 661 g/mol. The van der Waals surface area contributed by atoms with E-state index in [4.69, 9.17) is 0 Å². The summed E-state index contributed by atoms with van der Waals surface area (Å²) < 4.78 is 4.92. The molecule has 2 heterocycles.